The molecular weight excluding hydrogens is 358 g/mol. The summed E-state index contributed by atoms with van der Waals surface area (Å²) in [5.74, 6) is 2.03. The van der Waals surface area contributed by atoms with Crippen molar-refractivity contribution >= 4 is 22.8 Å². The molecule has 150 valence electrons. The van der Waals surface area contributed by atoms with Crippen LogP contribution in [0.1, 0.15) is 48.7 Å². The van der Waals surface area contributed by atoms with Crippen molar-refractivity contribution in [1.82, 2.24) is 5.32 Å². The first-order valence-corrected chi connectivity index (χ1v) is 10.00. The van der Waals surface area contributed by atoms with Gasteiger partial charge in [-0.05, 0) is 69.1 Å². The van der Waals surface area contributed by atoms with Crippen molar-refractivity contribution in [3.05, 3.63) is 29.5 Å². The highest BCUT2D eigenvalue weighted by Crippen LogP contribution is 2.49. The van der Waals surface area contributed by atoms with E-state index in [9.17, 15) is 9.59 Å². The number of ether oxygens (including phenoxy) is 2. The molecular formula is C22H27NO5. The number of carbonyl (C=O) groups excluding carboxylic acids is 2. The Morgan fingerprint density at radius 2 is 2.11 bits per heavy atom. The summed E-state index contributed by atoms with van der Waals surface area (Å²) in [5, 5.41) is 3.80. The van der Waals surface area contributed by atoms with Crippen LogP contribution in [0.2, 0.25) is 0 Å². The minimum absolute atomic E-state index is 0.113. The van der Waals surface area contributed by atoms with Crippen LogP contribution in [0, 0.1) is 24.7 Å². The fraction of sp³-hybridized carbons (Fsp3) is 0.545. The van der Waals surface area contributed by atoms with Crippen LogP contribution in [0.25, 0.3) is 11.0 Å². The van der Waals surface area contributed by atoms with Crippen molar-refractivity contribution in [1.29, 1.82) is 0 Å². The van der Waals surface area contributed by atoms with E-state index in [1.807, 2.05) is 6.07 Å². The second kappa shape index (κ2) is 7.49. The van der Waals surface area contributed by atoms with Crippen LogP contribution in [0.5, 0.6) is 5.75 Å². The van der Waals surface area contributed by atoms with E-state index < -0.39 is 5.97 Å². The van der Waals surface area contributed by atoms with Gasteiger partial charge in [-0.15, -0.1) is 0 Å². The summed E-state index contributed by atoms with van der Waals surface area (Å²) in [6.45, 7) is 3.55. The first-order valence-electron chi connectivity index (χ1n) is 10.00. The third-order valence-electron chi connectivity index (χ3n) is 6.49. The first-order chi connectivity index (χ1) is 13.5. The van der Waals surface area contributed by atoms with Gasteiger partial charge >= 0.3 is 5.97 Å². The van der Waals surface area contributed by atoms with Gasteiger partial charge in [-0.2, -0.15) is 0 Å². The fourth-order valence-electron chi connectivity index (χ4n) is 5.03. The lowest BCUT2D eigenvalue weighted by Gasteiger charge is -2.28. The summed E-state index contributed by atoms with van der Waals surface area (Å²) >= 11 is 0. The van der Waals surface area contributed by atoms with Gasteiger partial charge in [-0.3, -0.25) is 4.79 Å². The van der Waals surface area contributed by atoms with Gasteiger partial charge in [0.05, 0.1) is 7.11 Å². The van der Waals surface area contributed by atoms with E-state index in [1.165, 1.54) is 25.7 Å². The Morgan fingerprint density at radius 3 is 2.79 bits per heavy atom. The molecule has 1 aromatic carbocycles. The van der Waals surface area contributed by atoms with Crippen LogP contribution in [0.15, 0.2) is 22.6 Å². The molecule has 2 aliphatic carbocycles. The SMILES string of the molecule is COc1ccc2oc(C(=O)OCC(=O)NC(C)C3CC4CCC3C4)c(C)c2c1. The molecule has 0 saturated heterocycles. The molecule has 2 bridgehead atoms. The topological polar surface area (TPSA) is 77.8 Å². The number of esters is 1. The average Bonchev–Trinajstić information content (AvgIpc) is 3.40. The molecule has 1 amide bonds. The Bertz CT molecular complexity index is 902. The van der Waals surface area contributed by atoms with Crippen LogP contribution in [-0.4, -0.2) is 31.6 Å². The Balaban J connectivity index is 1.34. The van der Waals surface area contributed by atoms with Gasteiger partial charge in [0.15, 0.2) is 6.61 Å². The van der Waals surface area contributed by atoms with Crippen LogP contribution >= 0.6 is 0 Å². The maximum absolute atomic E-state index is 12.4. The number of hydrogen-bond acceptors (Lipinski definition) is 5. The van der Waals surface area contributed by atoms with Gasteiger partial charge in [-0.1, -0.05) is 6.42 Å². The number of amides is 1. The molecule has 4 atom stereocenters. The quantitative estimate of drug-likeness (QED) is 0.764. The zero-order valence-corrected chi connectivity index (χ0v) is 16.6. The molecule has 2 aromatic rings. The highest BCUT2D eigenvalue weighted by molar-refractivity contribution is 5.97. The van der Waals surface area contributed by atoms with Gasteiger partial charge < -0.3 is 19.2 Å². The van der Waals surface area contributed by atoms with Crippen LogP contribution < -0.4 is 10.1 Å². The van der Waals surface area contributed by atoms with Crippen molar-refractivity contribution in [2.75, 3.05) is 13.7 Å². The number of fused-ring (bicyclic) bond motifs is 3. The summed E-state index contributed by atoms with van der Waals surface area (Å²) < 4.78 is 16.0. The smallest absolute Gasteiger partial charge is 0.375 e. The van der Waals surface area contributed by atoms with Gasteiger partial charge in [-0.25, -0.2) is 4.79 Å². The summed E-state index contributed by atoms with van der Waals surface area (Å²) in [6.07, 6.45) is 5.12. The summed E-state index contributed by atoms with van der Waals surface area (Å²) in [5.41, 5.74) is 1.26. The van der Waals surface area contributed by atoms with Gasteiger partial charge in [0.25, 0.3) is 5.91 Å². The predicted octanol–water partition coefficient (Wildman–Crippen LogP) is 3.85. The minimum Gasteiger partial charge on any atom is -0.497 e. The van der Waals surface area contributed by atoms with E-state index in [4.69, 9.17) is 13.9 Å². The molecule has 0 spiro atoms. The Morgan fingerprint density at radius 1 is 1.29 bits per heavy atom. The van der Waals surface area contributed by atoms with Crippen LogP contribution in [-0.2, 0) is 9.53 Å². The third-order valence-corrected chi connectivity index (χ3v) is 6.49. The molecule has 6 heteroatoms. The Labute approximate surface area is 164 Å². The highest BCUT2D eigenvalue weighted by atomic mass is 16.5. The zero-order chi connectivity index (χ0) is 19.8. The van der Waals surface area contributed by atoms with E-state index in [2.05, 4.69) is 12.2 Å². The van der Waals surface area contributed by atoms with Crippen molar-refractivity contribution in [3.8, 4) is 5.75 Å². The Hall–Kier alpha value is -2.50. The highest BCUT2D eigenvalue weighted by Gasteiger charge is 2.42. The van der Waals surface area contributed by atoms with E-state index in [1.54, 1.807) is 26.2 Å². The average molecular weight is 385 g/mol. The lowest BCUT2D eigenvalue weighted by atomic mass is 9.84. The lowest BCUT2D eigenvalue weighted by Crippen LogP contribution is -2.42. The summed E-state index contributed by atoms with van der Waals surface area (Å²) in [4.78, 5) is 24.7. The molecule has 1 aromatic heterocycles. The van der Waals surface area contributed by atoms with E-state index in [0.717, 1.165) is 17.2 Å². The molecule has 2 fully saturated rings. The van der Waals surface area contributed by atoms with E-state index in [-0.39, 0.29) is 24.3 Å². The molecule has 0 aliphatic heterocycles. The predicted molar refractivity (Wildman–Crippen MR) is 104 cm³/mol. The standard InChI is InChI=1S/C22H27NO5/c1-12-17-10-16(26-3)6-7-19(17)28-21(12)22(25)27-11-20(24)23-13(2)18-9-14-4-5-15(18)8-14/h6-7,10,13-15,18H,4-5,8-9,11H2,1-3H3,(H,23,24). The van der Waals surface area contributed by atoms with E-state index >= 15 is 0 Å². The molecule has 1 heterocycles. The largest absolute Gasteiger partial charge is 0.497 e. The maximum Gasteiger partial charge on any atom is 0.375 e. The number of nitrogens with one attached hydrogen (secondary N) is 1. The zero-order valence-electron chi connectivity index (χ0n) is 16.6. The fourth-order valence-corrected chi connectivity index (χ4v) is 5.03. The Kier molecular flexibility index (Phi) is 5.04. The van der Waals surface area contributed by atoms with Gasteiger partial charge in [0.2, 0.25) is 5.76 Å². The van der Waals surface area contributed by atoms with Crippen molar-refractivity contribution in [2.45, 2.75) is 45.6 Å². The number of furan rings is 1. The molecule has 1 N–H and O–H groups in total. The first kappa shape index (κ1) is 18.8. The summed E-state index contributed by atoms with van der Waals surface area (Å²) in [6, 6.07) is 5.45. The molecule has 2 saturated carbocycles. The molecule has 6 nitrogen and oxygen atoms in total. The number of carbonyl (C=O) groups is 2. The van der Waals surface area contributed by atoms with Crippen molar-refractivity contribution in [2.24, 2.45) is 17.8 Å². The molecule has 0 radical (unpaired) electrons. The van der Waals surface area contributed by atoms with Crippen molar-refractivity contribution < 1.29 is 23.5 Å². The minimum atomic E-state index is -0.629. The number of methoxy groups -OCH3 is 1. The summed E-state index contributed by atoms with van der Waals surface area (Å²) in [7, 11) is 1.59. The second-order valence-electron chi connectivity index (χ2n) is 8.19. The van der Waals surface area contributed by atoms with Gasteiger partial charge in [0.1, 0.15) is 11.3 Å². The lowest BCUT2D eigenvalue weighted by molar-refractivity contribution is -0.125. The van der Waals surface area contributed by atoms with Crippen molar-refractivity contribution in [3.63, 3.8) is 0 Å². The van der Waals surface area contributed by atoms with Crippen LogP contribution in [0.4, 0.5) is 0 Å². The molecule has 4 rings (SSSR count). The number of benzene rings is 1. The second-order valence-corrected chi connectivity index (χ2v) is 8.19. The number of aryl methyl sites for hydroxylation is 1. The molecule has 2 aliphatic rings. The maximum atomic E-state index is 12.4. The van der Waals surface area contributed by atoms with Gasteiger partial charge in [0, 0.05) is 17.0 Å². The number of rotatable bonds is 6. The van der Waals surface area contributed by atoms with E-state index in [0.29, 0.717) is 22.8 Å². The normalized spacial score (nSPS) is 24.3. The third kappa shape index (κ3) is 3.48. The molecule has 28 heavy (non-hydrogen) atoms. The molecule has 4 unspecified atom stereocenters. The van der Waals surface area contributed by atoms with Crippen LogP contribution in [0.3, 0.4) is 0 Å². The monoisotopic (exact) mass is 385 g/mol. The number of hydrogen-bond donors (Lipinski definition) is 1.